The molecule has 0 unspecified atom stereocenters. The Labute approximate surface area is 151 Å². The summed E-state index contributed by atoms with van der Waals surface area (Å²) in [6.45, 7) is 4.71. The topological polar surface area (TPSA) is 94.2 Å². The van der Waals surface area contributed by atoms with Gasteiger partial charge < -0.3 is 19.5 Å². The van der Waals surface area contributed by atoms with Crippen LogP contribution in [-0.2, 0) is 14.3 Å². The van der Waals surface area contributed by atoms with Crippen molar-refractivity contribution in [3.63, 3.8) is 0 Å². The zero-order valence-electron chi connectivity index (χ0n) is 15.4. The molecule has 0 radical (unpaired) electrons. The molecule has 2 rings (SSSR count). The minimum atomic E-state index is -0.930. The van der Waals surface area contributed by atoms with Crippen molar-refractivity contribution in [3.8, 4) is 11.5 Å². The Morgan fingerprint density at radius 1 is 1.19 bits per heavy atom. The van der Waals surface area contributed by atoms with Crippen molar-refractivity contribution in [3.05, 3.63) is 35.0 Å². The van der Waals surface area contributed by atoms with E-state index in [-0.39, 0.29) is 12.2 Å². The molecular formula is C18H22N2O6. The Bertz CT molecular complexity index is 771. The Morgan fingerprint density at radius 2 is 1.85 bits per heavy atom. The van der Waals surface area contributed by atoms with Crippen LogP contribution in [0.1, 0.15) is 32.4 Å². The van der Waals surface area contributed by atoms with E-state index in [0.29, 0.717) is 22.8 Å². The molecule has 0 bridgehead atoms. The van der Waals surface area contributed by atoms with Gasteiger partial charge in [0.1, 0.15) is 6.04 Å². The summed E-state index contributed by atoms with van der Waals surface area (Å²) in [6, 6.07) is 3.41. The third-order valence-electron chi connectivity index (χ3n) is 4.01. The van der Waals surface area contributed by atoms with Crippen LogP contribution in [0.5, 0.6) is 11.5 Å². The number of hydrogen-bond donors (Lipinski definition) is 1. The maximum absolute atomic E-state index is 12.5. The number of urea groups is 1. The lowest BCUT2D eigenvalue weighted by Crippen LogP contribution is -2.50. The van der Waals surface area contributed by atoms with Gasteiger partial charge in [0.2, 0.25) is 5.91 Å². The van der Waals surface area contributed by atoms with E-state index in [1.54, 1.807) is 32.0 Å². The molecule has 0 spiro atoms. The largest absolute Gasteiger partial charge is 0.493 e. The molecule has 1 aliphatic heterocycles. The molecule has 8 nitrogen and oxygen atoms in total. The molecule has 1 atom stereocenters. The van der Waals surface area contributed by atoms with Gasteiger partial charge in [-0.25, -0.2) is 9.59 Å². The van der Waals surface area contributed by atoms with Gasteiger partial charge in [-0.15, -0.1) is 0 Å². The number of carbonyl (C=O) groups excluding carboxylic acids is 3. The van der Waals surface area contributed by atoms with Gasteiger partial charge in [-0.2, -0.15) is 0 Å². The van der Waals surface area contributed by atoms with E-state index < -0.39 is 23.9 Å². The zero-order chi connectivity index (χ0) is 19.4. The van der Waals surface area contributed by atoms with Crippen LogP contribution in [-0.4, -0.2) is 43.6 Å². The van der Waals surface area contributed by atoms with Crippen molar-refractivity contribution in [1.29, 1.82) is 0 Å². The van der Waals surface area contributed by atoms with Gasteiger partial charge in [-0.3, -0.25) is 9.69 Å². The second-order valence-electron chi connectivity index (χ2n) is 5.60. The molecule has 3 amide bonds. The van der Waals surface area contributed by atoms with E-state index in [4.69, 9.17) is 14.2 Å². The van der Waals surface area contributed by atoms with Crippen LogP contribution >= 0.6 is 0 Å². The molecule has 26 heavy (non-hydrogen) atoms. The summed E-state index contributed by atoms with van der Waals surface area (Å²) in [7, 11) is 2.98. The third-order valence-corrected chi connectivity index (χ3v) is 4.01. The third kappa shape index (κ3) is 3.49. The summed E-state index contributed by atoms with van der Waals surface area (Å²) < 4.78 is 15.6. The van der Waals surface area contributed by atoms with Gasteiger partial charge >= 0.3 is 12.0 Å². The van der Waals surface area contributed by atoms with Crippen molar-refractivity contribution in [2.24, 2.45) is 0 Å². The molecular weight excluding hydrogens is 340 g/mol. The lowest BCUT2D eigenvalue weighted by Gasteiger charge is -2.35. The zero-order valence-corrected chi connectivity index (χ0v) is 15.4. The molecule has 0 aromatic heterocycles. The van der Waals surface area contributed by atoms with Crippen LogP contribution in [0.4, 0.5) is 4.79 Å². The number of ether oxygens (including phenoxy) is 3. The average molecular weight is 362 g/mol. The summed E-state index contributed by atoms with van der Waals surface area (Å²) in [5.74, 6) is -0.197. The summed E-state index contributed by atoms with van der Waals surface area (Å²) in [5.41, 5.74) is 1.05. The highest BCUT2D eigenvalue weighted by atomic mass is 16.5. The van der Waals surface area contributed by atoms with Gasteiger partial charge in [0.05, 0.1) is 26.4 Å². The fourth-order valence-corrected chi connectivity index (χ4v) is 2.88. The fraction of sp³-hybridized carbons (Fsp3) is 0.389. The Morgan fingerprint density at radius 3 is 2.38 bits per heavy atom. The van der Waals surface area contributed by atoms with Crippen LogP contribution in [0.15, 0.2) is 29.5 Å². The van der Waals surface area contributed by atoms with Gasteiger partial charge in [0, 0.05) is 12.6 Å². The molecule has 0 saturated carbocycles. The van der Waals surface area contributed by atoms with E-state index in [2.05, 4.69) is 5.32 Å². The molecule has 1 aliphatic rings. The van der Waals surface area contributed by atoms with Crippen LogP contribution in [0.2, 0.25) is 0 Å². The molecule has 1 aromatic rings. The standard InChI is InChI=1S/C18H22N2O6/c1-6-26-17(22)15-10(2)19-18(23)20(11(3)21)16(15)12-7-8-13(24-4)14(9-12)25-5/h7-9,16H,6H2,1-5H3,(H,19,23)/t16-/m0/s1. The SMILES string of the molecule is CCOC(=O)C1=C(C)NC(=O)N(C(C)=O)[C@H]1c1ccc(OC)c(OC)c1. The van der Waals surface area contributed by atoms with Crippen molar-refractivity contribution in [2.75, 3.05) is 20.8 Å². The van der Waals surface area contributed by atoms with E-state index in [9.17, 15) is 14.4 Å². The van der Waals surface area contributed by atoms with Gasteiger partial charge in [-0.1, -0.05) is 6.07 Å². The second kappa shape index (κ2) is 7.90. The van der Waals surface area contributed by atoms with E-state index in [1.807, 2.05) is 0 Å². The number of esters is 1. The van der Waals surface area contributed by atoms with Gasteiger partial charge in [-0.05, 0) is 31.5 Å². The number of nitrogens with zero attached hydrogens (tertiary/aromatic N) is 1. The highest BCUT2D eigenvalue weighted by Gasteiger charge is 2.40. The summed E-state index contributed by atoms with van der Waals surface area (Å²) in [6.07, 6.45) is 0. The Kier molecular flexibility index (Phi) is 5.86. The summed E-state index contributed by atoms with van der Waals surface area (Å²) in [5, 5.41) is 2.54. The monoisotopic (exact) mass is 362 g/mol. The number of hydrogen-bond acceptors (Lipinski definition) is 6. The van der Waals surface area contributed by atoms with Crippen molar-refractivity contribution in [1.82, 2.24) is 10.2 Å². The normalized spacial score (nSPS) is 16.9. The number of benzene rings is 1. The van der Waals surface area contributed by atoms with Crippen LogP contribution < -0.4 is 14.8 Å². The molecule has 0 saturated heterocycles. The molecule has 1 N–H and O–H groups in total. The molecule has 8 heteroatoms. The van der Waals surface area contributed by atoms with E-state index >= 15 is 0 Å². The number of nitrogens with one attached hydrogen (secondary N) is 1. The summed E-state index contributed by atoms with van der Waals surface area (Å²) in [4.78, 5) is 38.0. The number of amides is 3. The minimum absolute atomic E-state index is 0.169. The number of methoxy groups -OCH3 is 2. The van der Waals surface area contributed by atoms with Crippen molar-refractivity contribution >= 4 is 17.9 Å². The molecule has 0 fully saturated rings. The lowest BCUT2D eigenvalue weighted by atomic mass is 9.93. The van der Waals surface area contributed by atoms with Crippen LogP contribution in [0.25, 0.3) is 0 Å². The first kappa shape index (κ1) is 19.3. The highest BCUT2D eigenvalue weighted by molar-refractivity contribution is 6.01. The van der Waals surface area contributed by atoms with E-state index in [1.165, 1.54) is 21.1 Å². The maximum Gasteiger partial charge on any atom is 0.338 e. The van der Waals surface area contributed by atoms with Crippen molar-refractivity contribution < 1.29 is 28.6 Å². The van der Waals surface area contributed by atoms with Gasteiger partial charge in [0.15, 0.2) is 11.5 Å². The fourth-order valence-electron chi connectivity index (χ4n) is 2.88. The molecule has 1 aromatic carbocycles. The highest BCUT2D eigenvalue weighted by Crippen LogP contribution is 2.38. The average Bonchev–Trinajstić information content (AvgIpc) is 2.60. The smallest absolute Gasteiger partial charge is 0.338 e. The Balaban J connectivity index is 2.67. The maximum atomic E-state index is 12.5. The van der Waals surface area contributed by atoms with Crippen molar-refractivity contribution in [2.45, 2.75) is 26.8 Å². The second-order valence-corrected chi connectivity index (χ2v) is 5.60. The Hall–Kier alpha value is -3.03. The minimum Gasteiger partial charge on any atom is -0.493 e. The molecule has 0 aliphatic carbocycles. The predicted octanol–water partition coefficient (Wildman–Crippen LogP) is 2.15. The first-order valence-corrected chi connectivity index (χ1v) is 8.06. The summed E-state index contributed by atoms with van der Waals surface area (Å²) >= 11 is 0. The number of allylic oxidation sites excluding steroid dienone is 1. The number of rotatable bonds is 5. The first-order valence-electron chi connectivity index (χ1n) is 8.06. The van der Waals surface area contributed by atoms with Gasteiger partial charge in [0.25, 0.3) is 0 Å². The van der Waals surface area contributed by atoms with Crippen LogP contribution in [0, 0.1) is 0 Å². The molecule has 1 heterocycles. The number of carbonyl (C=O) groups is 3. The first-order chi connectivity index (χ1) is 12.3. The quantitative estimate of drug-likeness (QED) is 0.807. The van der Waals surface area contributed by atoms with E-state index in [0.717, 1.165) is 4.90 Å². The lowest BCUT2D eigenvalue weighted by molar-refractivity contribution is -0.139. The predicted molar refractivity (Wildman–Crippen MR) is 92.7 cm³/mol. The molecule has 140 valence electrons. The van der Waals surface area contributed by atoms with Crippen LogP contribution in [0.3, 0.4) is 0 Å². The number of imide groups is 1.